The summed E-state index contributed by atoms with van der Waals surface area (Å²) >= 11 is 0. The van der Waals surface area contributed by atoms with Crippen LogP contribution in [0.4, 0.5) is 0 Å². The van der Waals surface area contributed by atoms with E-state index in [0.717, 1.165) is 25.3 Å². The van der Waals surface area contributed by atoms with Gasteiger partial charge in [-0.05, 0) is 38.1 Å². The second kappa shape index (κ2) is 7.41. The lowest BCUT2D eigenvalue weighted by Gasteiger charge is -2.44. The summed E-state index contributed by atoms with van der Waals surface area (Å²) in [6.45, 7) is 5.38. The number of hydrogen-bond acceptors (Lipinski definition) is 3. The zero-order valence-corrected chi connectivity index (χ0v) is 13.0. The number of hydrogen-bond donors (Lipinski definition) is 2. The first-order valence-electron chi connectivity index (χ1n) is 8.34. The van der Waals surface area contributed by atoms with Gasteiger partial charge in [-0.1, -0.05) is 33.1 Å². The van der Waals surface area contributed by atoms with Crippen molar-refractivity contribution in [1.82, 2.24) is 10.2 Å². The molecule has 0 amide bonds. The minimum Gasteiger partial charge on any atom is -0.480 e. The van der Waals surface area contributed by atoms with Gasteiger partial charge >= 0.3 is 5.97 Å². The normalized spacial score (nSPS) is 34.0. The van der Waals surface area contributed by atoms with Crippen LogP contribution in [0.15, 0.2) is 0 Å². The molecule has 2 fully saturated rings. The highest BCUT2D eigenvalue weighted by molar-refractivity contribution is 5.69. The molecular weight excluding hydrogens is 252 g/mol. The number of nitrogens with one attached hydrogen (secondary N) is 1. The van der Waals surface area contributed by atoms with Gasteiger partial charge in [0, 0.05) is 18.1 Å². The highest BCUT2D eigenvalue weighted by Gasteiger charge is 2.35. The van der Waals surface area contributed by atoms with Crippen LogP contribution in [0.3, 0.4) is 0 Å². The van der Waals surface area contributed by atoms with Gasteiger partial charge in [-0.2, -0.15) is 0 Å². The molecule has 2 rings (SSSR count). The van der Waals surface area contributed by atoms with Crippen molar-refractivity contribution >= 4 is 5.97 Å². The Balaban J connectivity index is 1.69. The molecular formula is C16H30N2O2. The quantitative estimate of drug-likeness (QED) is 0.753. The van der Waals surface area contributed by atoms with E-state index >= 15 is 0 Å². The van der Waals surface area contributed by atoms with Crippen LogP contribution >= 0.6 is 0 Å². The Kier molecular flexibility index (Phi) is 5.85. The highest BCUT2D eigenvalue weighted by Crippen LogP contribution is 2.30. The van der Waals surface area contributed by atoms with Gasteiger partial charge in [-0.3, -0.25) is 9.69 Å². The lowest BCUT2D eigenvalue weighted by Crippen LogP contribution is -2.56. The van der Waals surface area contributed by atoms with E-state index in [1.165, 1.54) is 32.1 Å². The molecule has 0 radical (unpaired) electrons. The summed E-state index contributed by atoms with van der Waals surface area (Å²) < 4.78 is 0. The van der Waals surface area contributed by atoms with E-state index in [2.05, 4.69) is 24.1 Å². The molecule has 0 saturated heterocycles. The first-order valence-corrected chi connectivity index (χ1v) is 8.34. The SMILES string of the molecule is CCC1CCCC(NC2CC(N(CC)CC(=O)O)C2)C1. The van der Waals surface area contributed by atoms with Crippen molar-refractivity contribution in [2.24, 2.45) is 5.92 Å². The second-order valence-corrected chi connectivity index (χ2v) is 6.58. The van der Waals surface area contributed by atoms with Crippen LogP contribution in [0.25, 0.3) is 0 Å². The third-order valence-electron chi connectivity index (χ3n) is 5.21. The summed E-state index contributed by atoms with van der Waals surface area (Å²) in [5.74, 6) is 0.206. The fraction of sp³-hybridized carbons (Fsp3) is 0.938. The van der Waals surface area contributed by atoms with Gasteiger partial charge in [-0.15, -0.1) is 0 Å². The molecule has 0 aromatic heterocycles. The van der Waals surface area contributed by atoms with Crippen LogP contribution in [0.1, 0.15) is 58.8 Å². The Hall–Kier alpha value is -0.610. The number of carbonyl (C=O) groups is 1. The molecule has 2 aliphatic rings. The van der Waals surface area contributed by atoms with E-state index in [9.17, 15) is 4.79 Å². The molecule has 0 aromatic rings. The van der Waals surface area contributed by atoms with E-state index in [-0.39, 0.29) is 6.54 Å². The maximum absolute atomic E-state index is 10.8. The Morgan fingerprint density at radius 2 is 1.95 bits per heavy atom. The second-order valence-electron chi connectivity index (χ2n) is 6.58. The van der Waals surface area contributed by atoms with Gasteiger partial charge in [0.1, 0.15) is 0 Å². The maximum atomic E-state index is 10.8. The average Bonchev–Trinajstić information content (AvgIpc) is 2.40. The van der Waals surface area contributed by atoms with E-state index in [1.54, 1.807) is 0 Å². The van der Waals surface area contributed by atoms with Gasteiger partial charge in [0.25, 0.3) is 0 Å². The Bertz CT molecular complexity index is 316. The van der Waals surface area contributed by atoms with Crippen LogP contribution in [0.5, 0.6) is 0 Å². The Morgan fingerprint density at radius 3 is 2.55 bits per heavy atom. The molecule has 2 aliphatic carbocycles. The van der Waals surface area contributed by atoms with Crippen LogP contribution in [-0.4, -0.2) is 47.2 Å². The molecule has 0 aromatic carbocycles. The van der Waals surface area contributed by atoms with Gasteiger partial charge in [-0.25, -0.2) is 0 Å². The molecule has 20 heavy (non-hydrogen) atoms. The summed E-state index contributed by atoms with van der Waals surface area (Å²) in [4.78, 5) is 12.9. The molecule has 4 heteroatoms. The zero-order valence-electron chi connectivity index (χ0n) is 13.0. The summed E-state index contributed by atoms with van der Waals surface area (Å²) in [6.07, 6.45) is 8.99. The molecule has 0 bridgehead atoms. The van der Waals surface area contributed by atoms with Crippen molar-refractivity contribution < 1.29 is 9.90 Å². The van der Waals surface area contributed by atoms with E-state index < -0.39 is 5.97 Å². The first-order chi connectivity index (χ1) is 9.62. The summed E-state index contributed by atoms with van der Waals surface area (Å²) in [7, 11) is 0. The Morgan fingerprint density at radius 1 is 1.20 bits per heavy atom. The average molecular weight is 282 g/mol. The van der Waals surface area contributed by atoms with Gasteiger partial charge < -0.3 is 10.4 Å². The fourth-order valence-corrected chi connectivity index (χ4v) is 3.84. The lowest BCUT2D eigenvalue weighted by atomic mass is 9.80. The summed E-state index contributed by atoms with van der Waals surface area (Å²) in [5.41, 5.74) is 0. The van der Waals surface area contributed by atoms with Crippen LogP contribution < -0.4 is 5.32 Å². The smallest absolute Gasteiger partial charge is 0.317 e. The Labute approximate surface area is 122 Å². The predicted octanol–water partition coefficient (Wildman–Crippen LogP) is 2.48. The van der Waals surface area contributed by atoms with E-state index in [0.29, 0.717) is 18.1 Å². The zero-order chi connectivity index (χ0) is 14.5. The van der Waals surface area contributed by atoms with Crippen molar-refractivity contribution in [3.05, 3.63) is 0 Å². The number of carboxylic acid groups (broad SMARTS) is 1. The topological polar surface area (TPSA) is 52.6 Å². The number of likely N-dealkylation sites (N-methyl/N-ethyl adjacent to an activating group) is 1. The maximum Gasteiger partial charge on any atom is 0.317 e. The predicted molar refractivity (Wildman–Crippen MR) is 80.9 cm³/mol. The largest absolute Gasteiger partial charge is 0.480 e. The molecule has 2 N–H and O–H groups in total. The minimum absolute atomic E-state index is 0.190. The van der Waals surface area contributed by atoms with Gasteiger partial charge in [0.15, 0.2) is 0 Å². The molecule has 0 aliphatic heterocycles. The minimum atomic E-state index is -0.707. The molecule has 2 saturated carbocycles. The molecule has 2 unspecified atom stereocenters. The van der Waals surface area contributed by atoms with Crippen molar-refractivity contribution in [3.8, 4) is 0 Å². The molecule has 0 spiro atoms. The van der Waals surface area contributed by atoms with Crippen molar-refractivity contribution in [2.45, 2.75) is 76.9 Å². The summed E-state index contributed by atoms with van der Waals surface area (Å²) in [5, 5.41) is 12.7. The molecule has 4 nitrogen and oxygen atoms in total. The van der Waals surface area contributed by atoms with Crippen LogP contribution in [0, 0.1) is 5.92 Å². The molecule has 2 atom stereocenters. The lowest BCUT2D eigenvalue weighted by molar-refractivity contribution is -0.139. The first kappa shape index (κ1) is 15.8. The third kappa shape index (κ3) is 4.19. The van der Waals surface area contributed by atoms with E-state index in [1.807, 2.05) is 0 Å². The van der Waals surface area contributed by atoms with Gasteiger partial charge in [0.05, 0.1) is 6.54 Å². The van der Waals surface area contributed by atoms with E-state index in [4.69, 9.17) is 5.11 Å². The standard InChI is InChI=1S/C16H30N2O2/c1-3-12-6-5-7-13(8-12)17-14-9-15(10-14)18(4-2)11-16(19)20/h12-15,17H,3-11H2,1-2H3,(H,19,20). The fourth-order valence-electron chi connectivity index (χ4n) is 3.84. The van der Waals surface area contributed by atoms with Crippen LogP contribution in [-0.2, 0) is 4.79 Å². The monoisotopic (exact) mass is 282 g/mol. The van der Waals surface area contributed by atoms with Gasteiger partial charge in [0.2, 0.25) is 0 Å². The number of aliphatic carboxylic acids is 1. The third-order valence-corrected chi connectivity index (χ3v) is 5.21. The van der Waals surface area contributed by atoms with Crippen molar-refractivity contribution in [2.75, 3.05) is 13.1 Å². The van der Waals surface area contributed by atoms with Crippen molar-refractivity contribution in [3.63, 3.8) is 0 Å². The van der Waals surface area contributed by atoms with Crippen LogP contribution in [0.2, 0.25) is 0 Å². The molecule has 116 valence electrons. The number of rotatable bonds is 7. The van der Waals surface area contributed by atoms with Crippen molar-refractivity contribution in [1.29, 1.82) is 0 Å². The molecule has 0 heterocycles. The number of carboxylic acids is 1. The number of nitrogens with zero attached hydrogens (tertiary/aromatic N) is 1. The highest BCUT2D eigenvalue weighted by atomic mass is 16.4. The summed E-state index contributed by atoms with van der Waals surface area (Å²) in [6, 6.07) is 1.79.